The Labute approximate surface area is 104 Å². The van der Waals surface area contributed by atoms with Crippen LogP contribution in [0.2, 0.25) is 0 Å². The summed E-state index contributed by atoms with van der Waals surface area (Å²) in [6.07, 6.45) is 6.09. The maximum Gasteiger partial charge on any atom is 0.225 e. The van der Waals surface area contributed by atoms with Gasteiger partial charge < -0.3 is 15.2 Å². The molecule has 0 aromatic heterocycles. The molecule has 0 aromatic carbocycles. The summed E-state index contributed by atoms with van der Waals surface area (Å²) in [5.74, 6) is -0.195. The Balaban J connectivity index is 2.34. The van der Waals surface area contributed by atoms with Crippen molar-refractivity contribution >= 4 is 5.91 Å². The summed E-state index contributed by atoms with van der Waals surface area (Å²) in [5.41, 5.74) is -0.695. The van der Waals surface area contributed by atoms with Gasteiger partial charge in [0.25, 0.3) is 0 Å². The van der Waals surface area contributed by atoms with Crippen LogP contribution in [0.4, 0.5) is 0 Å². The lowest BCUT2D eigenvalue weighted by Gasteiger charge is -2.27. The lowest BCUT2D eigenvalue weighted by atomic mass is 9.94. The molecule has 1 saturated carbocycles. The number of methoxy groups -OCH3 is 1. The third kappa shape index (κ3) is 5.04. The van der Waals surface area contributed by atoms with Crippen molar-refractivity contribution in [3.05, 3.63) is 0 Å². The smallest absolute Gasteiger partial charge is 0.225 e. The lowest BCUT2D eigenvalue weighted by Crippen LogP contribution is -2.44. The van der Waals surface area contributed by atoms with Crippen molar-refractivity contribution in [3.63, 3.8) is 0 Å². The van der Waals surface area contributed by atoms with Gasteiger partial charge in [-0.2, -0.15) is 0 Å². The van der Waals surface area contributed by atoms with E-state index < -0.39 is 5.60 Å². The van der Waals surface area contributed by atoms with Crippen LogP contribution in [0.3, 0.4) is 0 Å². The lowest BCUT2D eigenvalue weighted by molar-refractivity contribution is -0.127. The predicted molar refractivity (Wildman–Crippen MR) is 66.7 cm³/mol. The molecule has 0 bridgehead atoms. The Kier molecular flexibility index (Phi) is 5.92. The fraction of sp³-hybridized carbons (Fsp3) is 0.923. The Bertz CT molecular complexity index is 235. The van der Waals surface area contributed by atoms with E-state index in [2.05, 4.69) is 5.32 Å². The number of carbonyl (C=O) groups is 1. The number of carbonyl (C=O) groups excluding carboxylic acids is 1. The molecule has 100 valence electrons. The van der Waals surface area contributed by atoms with Crippen LogP contribution in [0.25, 0.3) is 0 Å². The second-order valence-corrected chi connectivity index (χ2v) is 5.21. The summed E-state index contributed by atoms with van der Waals surface area (Å²) in [7, 11) is 1.59. The molecule has 4 nitrogen and oxygen atoms in total. The van der Waals surface area contributed by atoms with Crippen molar-refractivity contribution in [1.82, 2.24) is 5.32 Å². The number of nitrogens with one attached hydrogen (secondary N) is 1. The Morgan fingerprint density at radius 3 is 2.47 bits per heavy atom. The number of rotatable bonds is 5. The van der Waals surface area contributed by atoms with Crippen molar-refractivity contribution in [1.29, 1.82) is 0 Å². The van der Waals surface area contributed by atoms with Crippen molar-refractivity contribution in [3.8, 4) is 0 Å². The molecule has 2 N–H and O–H groups in total. The molecule has 0 aliphatic heterocycles. The SMILES string of the molecule is COCC(C)C(=O)NCC1(O)CCCCCC1. The maximum atomic E-state index is 11.7. The molecular weight excluding hydrogens is 218 g/mol. The van der Waals surface area contributed by atoms with Gasteiger partial charge >= 0.3 is 0 Å². The van der Waals surface area contributed by atoms with Gasteiger partial charge in [0.2, 0.25) is 5.91 Å². The van der Waals surface area contributed by atoms with Gasteiger partial charge in [-0.1, -0.05) is 32.6 Å². The second kappa shape index (κ2) is 6.97. The quantitative estimate of drug-likeness (QED) is 0.719. The van der Waals surface area contributed by atoms with Gasteiger partial charge in [-0.05, 0) is 12.8 Å². The summed E-state index contributed by atoms with van der Waals surface area (Å²) in [6, 6.07) is 0. The van der Waals surface area contributed by atoms with Crippen LogP contribution in [0.5, 0.6) is 0 Å². The van der Waals surface area contributed by atoms with Gasteiger partial charge in [0.05, 0.1) is 18.1 Å². The first kappa shape index (κ1) is 14.5. The molecule has 1 rings (SSSR count). The van der Waals surface area contributed by atoms with E-state index in [4.69, 9.17) is 4.74 Å². The molecule has 1 aliphatic rings. The molecule has 1 aliphatic carbocycles. The third-order valence-electron chi connectivity index (χ3n) is 3.49. The van der Waals surface area contributed by atoms with Gasteiger partial charge in [-0.25, -0.2) is 0 Å². The first-order valence-corrected chi connectivity index (χ1v) is 6.56. The maximum absolute atomic E-state index is 11.7. The molecule has 4 heteroatoms. The first-order valence-electron chi connectivity index (χ1n) is 6.56. The Morgan fingerprint density at radius 2 is 1.94 bits per heavy atom. The minimum Gasteiger partial charge on any atom is -0.388 e. The number of hydrogen-bond acceptors (Lipinski definition) is 3. The van der Waals surface area contributed by atoms with E-state index in [0.29, 0.717) is 13.2 Å². The van der Waals surface area contributed by atoms with Crippen LogP contribution in [-0.4, -0.2) is 36.9 Å². The highest BCUT2D eigenvalue weighted by molar-refractivity contribution is 5.78. The van der Waals surface area contributed by atoms with Crippen LogP contribution < -0.4 is 5.32 Å². The van der Waals surface area contributed by atoms with Crippen molar-refractivity contribution in [2.24, 2.45) is 5.92 Å². The number of hydrogen-bond donors (Lipinski definition) is 2. The van der Waals surface area contributed by atoms with Crippen LogP contribution in [0, 0.1) is 5.92 Å². The monoisotopic (exact) mass is 243 g/mol. The molecule has 1 fully saturated rings. The van der Waals surface area contributed by atoms with E-state index in [-0.39, 0.29) is 11.8 Å². The van der Waals surface area contributed by atoms with Crippen LogP contribution in [0.15, 0.2) is 0 Å². The number of ether oxygens (including phenoxy) is 1. The summed E-state index contributed by atoms with van der Waals surface area (Å²) in [5, 5.41) is 13.2. The molecule has 1 unspecified atom stereocenters. The molecule has 0 heterocycles. The van der Waals surface area contributed by atoms with E-state index in [1.807, 2.05) is 6.92 Å². The van der Waals surface area contributed by atoms with Crippen LogP contribution >= 0.6 is 0 Å². The largest absolute Gasteiger partial charge is 0.388 e. The summed E-state index contributed by atoms with van der Waals surface area (Å²) >= 11 is 0. The predicted octanol–water partition coefficient (Wildman–Crippen LogP) is 1.47. The molecule has 0 spiro atoms. The molecule has 1 atom stereocenters. The molecular formula is C13H25NO3. The standard InChI is InChI=1S/C13H25NO3/c1-11(9-17-2)12(15)14-10-13(16)7-5-3-4-6-8-13/h11,16H,3-10H2,1-2H3,(H,14,15). The van der Waals surface area contributed by atoms with Crippen LogP contribution in [-0.2, 0) is 9.53 Å². The van der Waals surface area contributed by atoms with Crippen molar-refractivity contribution in [2.45, 2.75) is 51.0 Å². The minimum absolute atomic E-state index is 0.0375. The van der Waals surface area contributed by atoms with Crippen LogP contribution in [0.1, 0.15) is 45.4 Å². The highest BCUT2D eigenvalue weighted by atomic mass is 16.5. The van der Waals surface area contributed by atoms with E-state index >= 15 is 0 Å². The zero-order valence-electron chi connectivity index (χ0n) is 11.0. The normalized spacial score (nSPS) is 21.6. The zero-order chi connectivity index (χ0) is 12.7. The van der Waals surface area contributed by atoms with E-state index in [1.54, 1.807) is 7.11 Å². The van der Waals surface area contributed by atoms with Gasteiger partial charge in [0, 0.05) is 13.7 Å². The van der Waals surface area contributed by atoms with Gasteiger partial charge in [0.15, 0.2) is 0 Å². The van der Waals surface area contributed by atoms with Gasteiger partial charge in [-0.3, -0.25) is 4.79 Å². The highest BCUT2D eigenvalue weighted by Crippen LogP contribution is 2.26. The molecule has 0 saturated heterocycles. The zero-order valence-corrected chi connectivity index (χ0v) is 11.0. The summed E-state index contributed by atoms with van der Waals surface area (Å²) in [4.78, 5) is 11.7. The Hall–Kier alpha value is -0.610. The average molecular weight is 243 g/mol. The third-order valence-corrected chi connectivity index (χ3v) is 3.49. The molecule has 0 aromatic rings. The molecule has 17 heavy (non-hydrogen) atoms. The molecule has 0 radical (unpaired) electrons. The van der Waals surface area contributed by atoms with Gasteiger partial charge in [-0.15, -0.1) is 0 Å². The average Bonchev–Trinajstić information content (AvgIpc) is 2.52. The second-order valence-electron chi connectivity index (χ2n) is 5.21. The fourth-order valence-corrected chi connectivity index (χ4v) is 2.32. The number of aliphatic hydroxyl groups is 1. The minimum atomic E-state index is -0.695. The Morgan fingerprint density at radius 1 is 1.35 bits per heavy atom. The highest BCUT2D eigenvalue weighted by Gasteiger charge is 2.28. The molecule has 1 amide bonds. The van der Waals surface area contributed by atoms with Crippen molar-refractivity contribution < 1.29 is 14.6 Å². The number of amides is 1. The van der Waals surface area contributed by atoms with E-state index in [0.717, 1.165) is 25.7 Å². The van der Waals surface area contributed by atoms with Gasteiger partial charge in [0.1, 0.15) is 0 Å². The topological polar surface area (TPSA) is 58.6 Å². The first-order chi connectivity index (χ1) is 8.07. The fourth-order valence-electron chi connectivity index (χ4n) is 2.32. The summed E-state index contributed by atoms with van der Waals surface area (Å²) < 4.78 is 4.94. The van der Waals surface area contributed by atoms with E-state index in [9.17, 15) is 9.90 Å². The van der Waals surface area contributed by atoms with E-state index in [1.165, 1.54) is 12.8 Å². The summed E-state index contributed by atoms with van der Waals surface area (Å²) in [6.45, 7) is 2.63. The van der Waals surface area contributed by atoms with Crippen molar-refractivity contribution in [2.75, 3.05) is 20.3 Å².